The van der Waals surface area contributed by atoms with Gasteiger partial charge in [0.2, 0.25) is 0 Å². The lowest BCUT2D eigenvalue weighted by molar-refractivity contribution is 0.155. The predicted octanol–water partition coefficient (Wildman–Crippen LogP) is 5.36. The van der Waals surface area contributed by atoms with E-state index in [1.807, 2.05) is 0 Å². The average Bonchev–Trinajstić information content (AvgIpc) is 2.18. The second-order valence-electron chi connectivity index (χ2n) is 4.07. The van der Waals surface area contributed by atoms with Crippen LogP contribution in [0, 0.1) is 5.92 Å². The van der Waals surface area contributed by atoms with Gasteiger partial charge in [0.15, 0.2) is 6.70 Å². The molecule has 1 aliphatic carbocycles. The molecular weight excluding hydrogens is 247 g/mol. The molecule has 0 spiro atoms. The molecule has 1 aliphatic rings. The lowest BCUT2D eigenvalue weighted by Crippen LogP contribution is -2.21. The van der Waals surface area contributed by atoms with E-state index in [1.54, 1.807) is 11.4 Å². The molecule has 0 bridgehead atoms. The fourth-order valence-corrected chi connectivity index (χ4v) is 5.00. The zero-order chi connectivity index (χ0) is 11.3. The molecule has 1 nitrogen and oxygen atoms in total. The summed E-state index contributed by atoms with van der Waals surface area (Å²) in [7, 11) is 0. The number of halogens is 1. The molecule has 1 saturated carbocycles. The second kappa shape index (κ2) is 7.17. The molecule has 15 heavy (non-hydrogen) atoms. The zero-order valence-electron chi connectivity index (χ0n) is 9.54. The highest BCUT2D eigenvalue weighted by Crippen LogP contribution is 2.57. The number of rotatable bonds is 5. The van der Waals surface area contributed by atoms with Gasteiger partial charge in [-0.1, -0.05) is 48.1 Å². The minimum absolute atomic E-state index is 0.364. The molecular formula is C11H20ClOPS. The Morgan fingerprint density at radius 2 is 2.33 bits per heavy atom. The Bertz CT molecular complexity index is 213. The summed E-state index contributed by atoms with van der Waals surface area (Å²) in [4.78, 5) is 0. The van der Waals surface area contributed by atoms with Crippen LogP contribution >= 0.6 is 29.3 Å². The summed E-state index contributed by atoms with van der Waals surface area (Å²) in [6.45, 7) is 7.49. The molecule has 0 heterocycles. The quantitative estimate of drug-likeness (QED) is 0.490. The first kappa shape index (κ1) is 13.8. The van der Waals surface area contributed by atoms with Gasteiger partial charge >= 0.3 is 0 Å². The van der Waals surface area contributed by atoms with Crippen LogP contribution in [0.3, 0.4) is 0 Å². The summed E-state index contributed by atoms with van der Waals surface area (Å²) < 4.78 is 5.86. The van der Waals surface area contributed by atoms with E-state index in [9.17, 15) is 0 Å². The van der Waals surface area contributed by atoms with Gasteiger partial charge in [-0.25, -0.2) is 0 Å². The molecule has 0 aromatic heterocycles. The summed E-state index contributed by atoms with van der Waals surface area (Å²) in [5.74, 6) is 1.68. The van der Waals surface area contributed by atoms with E-state index in [0.717, 1.165) is 12.2 Å². The van der Waals surface area contributed by atoms with Gasteiger partial charge in [-0.2, -0.15) is 0 Å². The normalized spacial score (nSPS) is 28.7. The van der Waals surface area contributed by atoms with E-state index in [1.165, 1.54) is 24.8 Å². The summed E-state index contributed by atoms with van der Waals surface area (Å²) in [6, 6.07) is 0. The van der Waals surface area contributed by atoms with Crippen molar-refractivity contribution in [1.29, 1.82) is 0 Å². The monoisotopic (exact) mass is 266 g/mol. The molecule has 1 fully saturated rings. The van der Waals surface area contributed by atoms with E-state index in [-0.39, 0.29) is 0 Å². The lowest BCUT2D eigenvalue weighted by Gasteiger charge is -2.30. The Kier molecular flexibility index (Phi) is 6.61. The van der Waals surface area contributed by atoms with Crippen molar-refractivity contribution in [3.63, 3.8) is 0 Å². The van der Waals surface area contributed by atoms with Gasteiger partial charge in [0.1, 0.15) is 0 Å². The van der Waals surface area contributed by atoms with E-state index in [2.05, 4.69) is 20.4 Å². The van der Waals surface area contributed by atoms with Crippen molar-refractivity contribution >= 4 is 29.3 Å². The summed E-state index contributed by atoms with van der Waals surface area (Å²) >= 11 is 7.84. The van der Waals surface area contributed by atoms with Crippen molar-refractivity contribution in [3.8, 4) is 0 Å². The fourth-order valence-electron chi connectivity index (χ4n) is 1.94. The highest BCUT2D eigenvalue weighted by Gasteiger charge is 2.25. The SMILES string of the molecule is C=C(C)[C@H]1CCC[C@H](OP(Cl)SCC)C1. The third kappa shape index (κ3) is 5.08. The van der Waals surface area contributed by atoms with Gasteiger partial charge in [0, 0.05) is 0 Å². The Morgan fingerprint density at radius 3 is 2.93 bits per heavy atom. The molecule has 0 aromatic carbocycles. The van der Waals surface area contributed by atoms with E-state index in [4.69, 9.17) is 15.8 Å². The first-order valence-electron chi connectivity index (χ1n) is 5.54. The number of hydrogen-bond donors (Lipinski definition) is 0. The minimum atomic E-state index is -0.783. The highest BCUT2D eigenvalue weighted by atomic mass is 35.7. The maximum absolute atomic E-state index is 6.12. The van der Waals surface area contributed by atoms with Crippen LogP contribution in [0.5, 0.6) is 0 Å². The van der Waals surface area contributed by atoms with Crippen LogP contribution in [0.4, 0.5) is 0 Å². The molecule has 0 N–H and O–H groups in total. The van der Waals surface area contributed by atoms with Crippen molar-refractivity contribution in [2.75, 3.05) is 5.75 Å². The maximum Gasteiger partial charge on any atom is 0.188 e. The largest absolute Gasteiger partial charge is 0.332 e. The molecule has 0 saturated heterocycles. The Morgan fingerprint density at radius 1 is 1.60 bits per heavy atom. The minimum Gasteiger partial charge on any atom is -0.332 e. The average molecular weight is 267 g/mol. The third-order valence-corrected chi connectivity index (χ3v) is 6.47. The molecule has 4 heteroatoms. The van der Waals surface area contributed by atoms with E-state index >= 15 is 0 Å². The first-order chi connectivity index (χ1) is 7.13. The molecule has 0 amide bonds. The van der Waals surface area contributed by atoms with Crippen LogP contribution < -0.4 is 0 Å². The van der Waals surface area contributed by atoms with Crippen molar-refractivity contribution in [1.82, 2.24) is 0 Å². The van der Waals surface area contributed by atoms with Gasteiger partial charge in [0.25, 0.3) is 0 Å². The Labute approximate surface area is 103 Å². The van der Waals surface area contributed by atoms with Gasteiger partial charge in [-0.05, 0) is 37.9 Å². The summed E-state index contributed by atoms with van der Waals surface area (Å²) in [5, 5.41) is 0. The summed E-state index contributed by atoms with van der Waals surface area (Å²) in [6.07, 6.45) is 5.17. The highest BCUT2D eigenvalue weighted by molar-refractivity contribution is 8.61. The van der Waals surface area contributed by atoms with E-state index < -0.39 is 6.70 Å². The maximum atomic E-state index is 6.12. The Balaban J connectivity index is 2.32. The van der Waals surface area contributed by atoms with Crippen LogP contribution in [-0.4, -0.2) is 11.9 Å². The van der Waals surface area contributed by atoms with Gasteiger partial charge in [-0.3, -0.25) is 0 Å². The molecule has 1 unspecified atom stereocenters. The first-order valence-corrected chi connectivity index (χ1v) is 9.30. The molecule has 0 aromatic rings. The molecule has 0 radical (unpaired) electrons. The molecule has 0 aliphatic heterocycles. The van der Waals surface area contributed by atoms with Crippen LogP contribution in [0.1, 0.15) is 39.5 Å². The predicted molar refractivity (Wildman–Crippen MR) is 72.6 cm³/mol. The second-order valence-corrected chi connectivity index (χ2v) is 8.83. The molecule has 1 rings (SSSR count). The van der Waals surface area contributed by atoms with Crippen LogP contribution in [0.25, 0.3) is 0 Å². The van der Waals surface area contributed by atoms with Gasteiger partial charge < -0.3 is 4.52 Å². The van der Waals surface area contributed by atoms with Crippen molar-refractivity contribution < 1.29 is 4.52 Å². The smallest absolute Gasteiger partial charge is 0.188 e. The van der Waals surface area contributed by atoms with Gasteiger partial charge in [-0.15, -0.1) is 0 Å². The molecule has 88 valence electrons. The fraction of sp³-hybridized carbons (Fsp3) is 0.818. The van der Waals surface area contributed by atoms with E-state index in [0.29, 0.717) is 12.0 Å². The summed E-state index contributed by atoms with van der Waals surface area (Å²) in [5.41, 5.74) is 1.30. The number of hydrogen-bond acceptors (Lipinski definition) is 2. The van der Waals surface area contributed by atoms with Crippen molar-refractivity contribution in [2.45, 2.75) is 45.6 Å². The van der Waals surface area contributed by atoms with Crippen LogP contribution in [0.2, 0.25) is 0 Å². The van der Waals surface area contributed by atoms with Crippen LogP contribution in [-0.2, 0) is 4.52 Å². The third-order valence-electron chi connectivity index (χ3n) is 2.79. The Hall–Kier alpha value is 0.770. The van der Waals surface area contributed by atoms with Crippen molar-refractivity contribution in [2.24, 2.45) is 5.92 Å². The topological polar surface area (TPSA) is 9.23 Å². The molecule has 3 atom stereocenters. The van der Waals surface area contributed by atoms with Crippen molar-refractivity contribution in [3.05, 3.63) is 12.2 Å². The standard InChI is InChI=1S/C11H20ClOPS/c1-4-15-14(12)13-11-7-5-6-10(8-11)9(2)3/h10-11H,2,4-8H2,1,3H3/t10-,11-,14?/m0/s1. The van der Waals surface area contributed by atoms with Gasteiger partial charge in [0.05, 0.1) is 6.10 Å². The zero-order valence-corrected chi connectivity index (χ0v) is 12.0. The van der Waals surface area contributed by atoms with Crippen LogP contribution in [0.15, 0.2) is 12.2 Å². The number of allylic oxidation sites excluding steroid dienone is 1. The lowest BCUT2D eigenvalue weighted by atomic mass is 9.83.